The number of H-pyrrole nitrogens is 1. The highest BCUT2D eigenvalue weighted by Gasteiger charge is 2.11. The van der Waals surface area contributed by atoms with Crippen molar-refractivity contribution in [3.63, 3.8) is 0 Å². The SMILES string of the molecule is Cc1nc2ccc(C(=O)Nc3cccc4cn[nH]c34)cc2nc1C. The summed E-state index contributed by atoms with van der Waals surface area (Å²) >= 11 is 0. The van der Waals surface area contributed by atoms with Gasteiger partial charge in [-0.1, -0.05) is 12.1 Å². The van der Waals surface area contributed by atoms with Crippen LogP contribution in [0.5, 0.6) is 0 Å². The van der Waals surface area contributed by atoms with E-state index < -0.39 is 0 Å². The van der Waals surface area contributed by atoms with E-state index in [1.54, 1.807) is 18.3 Å². The average molecular weight is 317 g/mol. The molecule has 2 N–H and O–H groups in total. The Balaban J connectivity index is 1.70. The van der Waals surface area contributed by atoms with Gasteiger partial charge in [-0.05, 0) is 38.1 Å². The summed E-state index contributed by atoms with van der Waals surface area (Å²) in [4.78, 5) is 21.6. The summed E-state index contributed by atoms with van der Waals surface area (Å²) < 4.78 is 0. The molecule has 0 saturated heterocycles. The van der Waals surface area contributed by atoms with Crippen LogP contribution in [0.25, 0.3) is 21.9 Å². The quantitative estimate of drug-likeness (QED) is 0.593. The molecule has 0 atom stereocenters. The van der Waals surface area contributed by atoms with Gasteiger partial charge in [0.25, 0.3) is 5.91 Å². The lowest BCUT2D eigenvalue weighted by molar-refractivity contribution is 0.102. The first-order valence-corrected chi connectivity index (χ1v) is 7.60. The minimum Gasteiger partial charge on any atom is -0.320 e. The molecule has 0 saturated carbocycles. The number of aromatic nitrogens is 4. The van der Waals surface area contributed by atoms with E-state index in [1.165, 1.54) is 0 Å². The normalized spacial score (nSPS) is 11.1. The van der Waals surface area contributed by atoms with Crippen LogP contribution in [0.1, 0.15) is 21.7 Å². The minimum atomic E-state index is -0.195. The highest BCUT2D eigenvalue weighted by molar-refractivity contribution is 6.09. The van der Waals surface area contributed by atoms with Gasteiger partial charge >= 0.3 is 0 Å². The molecule has 0 fully saturated rings. The van der Waals surface area contributed by atoms with Gasteiger partial charge in [0, 0.05) is 10.9 Å². The summed E-state index contributed by atoms with van der Waals surface area (Å²) in [6.45, 7) is 3.83. The fraction of sp³-hybridized carbons (Fsp3) is 0.111. The topological polar surface area (TPSA) is 83.6 Å². The molecule has 4 aromatic rings. The Morgan fingerprint density at radius 2 is 1.83 bits per heavy atom. The maximum atomic E-state index is 12.6. The molecule has 24 heavy (non-hydrogen) atoms. The van der Waals surface area contributed by atoms with Crippen molar-refractivity contribution in [3.8, 4) is 0 Å². The molecule has 0 aliphatic rings. The number of benzene rings is 2. The van der Waals surface area contributed by atoms with Gasteiger partial charge in [-0.3, -0.25) is 9.89 Å². The number of carbonyl (C=O) groups is 1. The number of amides is 1. The number of rotatable bonds is 2. The largest absolute Gasteiger partial charge is 0.320 e. The zero-order valence-electron chi connectivity index (χ0n) is 13.3. The zero-order chi connectivity index (χ0) is 16.7. The number of hydrogen-bond acceptors (Lipinski definition) is 4. The molecular weight excluding hydrogens is 302 g/mol. The second kappa shape index (κ2) is 5.42. The van der Waals surface area contributed by atoms with E-state index in [0.29, 0.717) is 16.8 Å². The van der Waals surface area contributed by atoms with Crippen LogP contribution in [0.3, 0.4) is 0 Å². The van der Waals surface area contributed by atoms with Gasteiger partial charge in [-0.15, -0.1) is 0 Å². The summed E-state index contributed by atoms with van der Waals surface area (Å²) in [5, 5.41) is 10.8. The van der Waals surface area contributed by atoms with Gasteiger partial charge in [0.2, 0.25) is 0 Å². The van der Waals surface area contributed by atoms with Crippen molar-refractivity contribution in [2.24, 2.45) is 0 Å². The van der Waals surface area contributed by atoms with Crippen molar-refractivity contribution in [1.82, 2.24) is 20.2 Å². The highest BCUT2D eigenvalue weighted by Crippen LogP contribution is 2.22. The van der Waals surface area contributed by atoms with Crippen LogP contribution < -0.4 is 5.32 Å². The Labute approximate surface area is 137 Å². The average Bonchev–Trinajstić information content (AvgIpc) is 3.05. The molecule has 1 amide bonds. The second-order valence-electron chi connectivity index (χ2n) is 5.69. The van der Waals surface area contributed by atoms with E-state index in [4.69, 9.17) is 0 Å². The van der Waals surface area contributed by atoms with Crippen molar-refractivity contribution in [2.45, 2.75) is 13.8 Å². The molecule has 0 aliphatic heterocycles. The van der Waals surface area contributed by atoms with Crippen molar-refractivity contribution < 1.29 is 4.79 Å². The molecule has 118 valence electrons. The van der Waals surface area contributed by atoms with E-state index in [9.17, 15) is 4.79 Å². The van der Waals surface area contributed by atoms with Crippen molar-refractivity contribution in [3.05, 3.63) is 59.5 Å². The van der Waals surface area contributed by atoms with Gasteiger partial charge in [-0.25, -0.2) is 9.97 Å². The standard InChI is InChI=1S/C18H15N5O/c1-10-11(2)21-16-8-12(6-7-14(16)20-10)18(24)22-15-5-3-4-13-9-19-23-17(13)15/h3-9H,1-2H3,(H,19,23)(H,22,24). The van der Waals surface area contributed by atoms with Crippen LogP contribution in [0, 0.1) is 13.8 Å². The van der Waals surface area contributed by atoms with Gasteiger partial charge in [0.15, 0.2) is 0 Å². The number of aryl methyl sites for hydroxylation is 2. The number of fused-ring (bicyclic) bond motifs is 2. The predicted octanol–water partition coefficient (Wildman–Crippen LogP) is 3.38. The van der Waals surface area contributed by atoms with Crippen molar-refractivity contribution in [2.75, 3.05) is 5.32 Å². The smallest absolute Gasteiger partial charge is 0.255 e. The van der Waals surface area contributed by atoms with E-state index >= 15 is 0 Å². The molecule has 4 rings (SSSR count). The zero-order valence-corrected chi connectivity index (χ0v) is 13.3. The summed E-state index contributed by atoms with van der Waals surface area (Å²) in [5.41, 5.74) is 5.29. The van der Waals surface area contributed by atoms with E-state index in [0.717, 1.165) is 27.8 Å². The molecule has 0 spiro atoms. The Kier molecular flexibility index (Phi) is 3.23. The molecule has 0 unspecified atom stereocenters. The lowest BCUT2D eigenvalue weighted by Crippen LogP contribution is -2.12. The summed E-state index contributed by atoms with van der Waals surface area (Å²) in [6.07, 6.45) is 1.72. The Morgan fingerprint density at radius 1 is 1.04 bits per heavy atom. The second-order valence-corrected chi connectivity index (χ2v) is 5.69. The number of anilines is 1. The first kappa shape index (κ1) is 14.3. The number of aromatic amines is 1. The number of nitrogens with one attached hydrogen (secondary N) is 2. The van der Waals surface area contributed by atoms with E-state index in [-0.39, 0.29) is 5.91 Å². The highest BCUT2D eigenvalue weighted by atomic mass is 16.1. The van der Waals surface area contributed by atoms with E-state index in [2.05, 4.69) is 25.5 Å². The first-order chi connectivity index (χ1) is 11.6. The van der Waals surface area contributed by atoms with Gasteiger partial charge in [0.05, 0.1) is 39.8 Å². The molecule has 2 aromatic carbocycles. The number of nitrogens with zero attached hydrogens (tertiary/aromatic N) is 3. The van der Waals surface area contributed by atoms with Gasteiger partial charge in [0.1, 0.15) is 0 Å². The van der Waals surface area contributed by atoms with Crippen LogP contribution in [-0.2, 0) is 0 Å². The fourth-order valence-corrected chi connectivity index (χ4v) is 2.64. The lowest BCUT2D eigenvalue weighted by atomic mass is 10.1. The Morgan fingerprint density at radius 3 is 2.67 bits per heavy atom. The fourth-order valence-electron chi connectivity index (χ4n) is 2.64. The number of carbonyl (C=O) groups excluding carboxylic acids is 1. The van der Waals surface area contributed by atoms with Crippen LogP contribution in [0.4, 0.5) is 5.69 Å². The van der Waals surface area contributed by atoms with Gasteiger partial charge in [-0.2, -0.15) is 5.10 Å². The lowest BCUT2D eigenvalue weighted by Gasteiger charge is -2.08. The molecule has 0 radical (unpaired) electrons. The van der Waals surface area contributed by atoms with Crippen LogP contribution in [0.2, 0.25) is 0 Å². The molecule has 6 nitrogen and oxygen atoms in total. The summed E-state index contributed by atoms with van der Waals surface area (Å²) in [6, 6.07) is 11.0. The third kappa shape index (κ3) is 2.38. The molecule has 0 bridgehead atoms. The molecule has 2 aromatic heterocycles. The summed E-state index contributed by atoms with van der Waals surface area (Å²) in [7, 11) is 0. The van der Waals surface area contributed by atoms with Crippen LogP contribution >= 0.6 is 0 Å². The van der Waals surface area contributed by atoms with Crippen LogP contribution in [-0.4, -0.2) is 26.1 Å². The third-order valence-corrected chi connectivity index (χ3v) is 4.06. The van der Waals surface area contributed by atoms with Crippen LogP contribution in [0.15, 0.2) is 42.6 Å². The maximum Gasteiger partial charge on any atom is 0.255 e. The predicted molar refractivity (Wildman–Crippen MR) is 93.1 cm³/mol. The van der Waals surface area contributed by atoms with Gasteiger partial charge < -0.3 is 5.32 Å². The summed E-state index contributed by atoms with van der Waals surface area (Å²) in [5.74, 6) is -0.195. The Bertz CT molecular complexity index is 1080. The Hall–Kier alpha value is -3.28. The van der Waals surface area contributed by atoms with Crippen molar-refractivity contribution >= 4 is 33.5 Å². The van der Waals surface area contributed by atoms with Crippen molar-refractivity contribution in [1.29, 1.82) is 0 Å². The molecular formula is C18H15N5O. The molecule has 6 heteroatoms. The molecule has 0 aliphatic carbocycles. The third-order valence-electron chi connectivity index (χ3n) is 4.06. The maximum absolute atomic E-state index is 12.6. The monoisotopic (exact) mass is 317 g/mol. The first-order valence-electron chi connectivity index (χ1n) is 7.60. The number of hydrogen-bond donors (Lipinski definition) is 2. The number of para-hydroxylation sites is 1. The molecule has 2 heterocycles. The van der Waals surface area contributed by atoms with E-state index in [1.807, 2.05) is 38.1 Å². The minimum absolute atomic E-state index is 0.195.